The first kappa shape index (κ1) is 21.7. The second-order valence-corrected chi connectivity index (χ2v) is 8.97. The molecular weight excluding hydrogens is 412 g/mol. The number of furan rings is 1. The van der Waals surface area contributed by atoms with Gasteiger partial charge in [-0.25, -0.2) is 0 Å². The summed E-state index contributed by atoms with van der Waals surface area (Å²) in [4.78, 5) is 23.0. The van der Waals surface area contributed by atoms with Crippen molar-refractivity contribution in [3.8, 4) is 0 Å². The maximum absolute atomic E-state index is 12.7. The van der Waals surface area contributed by atoms with Crippen LogP contribution in [0.25, 0.3) is 0 Å². The number of pyridine rings is 1. The number of amides is 1. The Balaban J connectivity index is 1.69. The second kappa shape index (κ2) is 9.74. The Morgan fingerprint density at radius 1 is 1.26 bits per heavy atom. The fourth-order valence-electron chi connectivity index (χ4n) is 4.12. The standard InChI is InChI=1S/C23H28N4O3S/c1-16-17(2)31-23(25-22(29)19-6-4-14-30-19)20(16)21(18-5-3-7-24-15-18)27-10-8-26(9-11-27)12-13-28/h3-7,14-15,21,28H,8-13H2,1-2H3,(H,25,29)/t21-/m0/s1. The van der Waals surface area contributed by atoms with Crippen LogP contribution in [0.5, 0.6) is 0 Å². The normalized spacial score (nSPS) is 16.4. The van der Waals surface area contributed by atoms with Crippen molar-refractivity contribution in [2.45, 2.75) is 19.9 Å². The summed E-state index contributed by atoms with van der Waals surface area (Å²) in [6, 6.07) is 7.43. The highest BCUT2D eigenvalue weighted by Gasteiger charge is 2.31. The maximum Gasteiger partial charge on any atom is 0.291 e. The van der Waals surface area contributed by atoms with E-state index in [1.54, 1.807) is 29.7 Å². The second-order valence-electron chi connectivity index (χ2n) is 7.75. The van der Waals surface area contributed by atoms with Crippen molar-refractivity contribution >= 4 is 22.2 Å². The smallest absolute Gasteiger partial charge is 0.291 e. The maximum atomic E-state index is 12.7. The molecule has 0 saturated carbocycles. The van der Waals surface area contributed by atoms with Gasteiger partial charge in [-0.05, 0) is 43.2 Å². The Labute approximate surface area is 186 Å². The highest BCUT2D eigenvalue weighted by Crippen LogP contribution is 2.42. The number of aryl methyl sites for hydroxylation is 1. The number of hydrogen-bond donors (Lipinski definition) is 2. The van der Waals surface area contributed by atoms with Crippen LogP contribution < -0.4 is 5.32 Å². The number of aromatic nitrogens is 1. The average Bonchev–Trinajstić information content (AvgIpc) is 3.41. The molecule has 7 nitrogen and oxygen atoms in total. The summed E-state index contributed by atoms with van der Waals surface area (Å²) in [7, 11) is 0. The third-order valence-electron chi connectivity index (χ3n) is 5.87. The number of aliphatic hydroxyl groups excluding tert-OH is 1. The van der Waals surface area contributed by atoms with Gasteiger partial charge in [-0.15, -0.1) is 11.3 Å². The van der Waals surface area contributed by atoms with Gasteiger partial charge in [0.1, 0.15) is 5.00 Å². The summed E-state index contributed by atoms with van der Waals surface area (Å²) in [6.45, 7) is 8.63. The highest BCUT2D eigenvalue weighted by atomic mass is 32.1. The predicted octanol–water partition coefficient (Wildman–Crippen LogP) is 3.30. The summed E-state index contributed by atoms with van der Waals surface area (Å²) < 4.78 is 5.29. The van der Waals surface area contributed by atoms with Crippen LogP contribution in [-0.4, -0.2) is 65.1 Å². The van der Waals surface area contributed by atoms with E-state index in [9.17, 15) is 9.90 Å². The fraction of sp³-hybridized carbons (Fsp3) is 0.391. The van der Waals surface area contributed by atoms with Gasteiger partial charge in [0.15, 0.2) is 5.76 Å². The zero-order valence-electron chi connectivity index (χ0n) is 17.9. The predicted molar refractivity (Wildman–Crippen MR) is 122 cm³/mol. The number of β-amino-alcohol motifs (C(OH)–C–C–N with tert-alkyl or cyclic N) is 1. The third-order valence-corrected chi connectivity index (χ3v) is 7.00. The molecule has 2 N–H and O–H groups in total. The van der Waals surface area contributed by atoms with E-state index >= 15 is 0 Å². The molecule has 8 heteroatoms. The largest absolute Gasteiger partial charge is 0.459 e. The number of aliphatic hydroxyl groups is 1. The quantitative estimate of drug-likeness (QED) is 0.587. The molecule has 0 spiro atoms. The number of anilines is 1. The molecule has 0 radical (unpaired) electrons. The van der Waals surface area contributed by atoms with Crippen LogP contribution in [0.2, 0.25) is 0 Å². The molecule has 164 valence electrons. The van der Waals surface area contributed by atoms with Crippen LogP contribution in [0, 0.1) is 13.8 Å². The van der Waals surface area contributed by atoms with E-state index in [0.717, 1.165) is 42.3 Å². The first-order valence-electron chi connectivity index (χ1n) is 10.5. The Hall–Kier alpha value is -2.52. The van der Waals surface area contributed by atoms with Crippen molar-refractivity contribution < 1.29 is 14.3 Å². The van der Waals surface area contributed by atoms with Crippen LogP contribution in [0.15, 0.2) is 47.3 Å². The van der Waals surface area contributed by atoms with E-state index in [1.165, 1.54) is 16.7 Å². The molecule has 1 fully saturated rings. The number of rotatable bonds is 7. The molecule has 0 aromatic carbocycles. The van der Waals surface area contributed by atoms with Crippen LogP contribution in [0.4, 0.5) is 5.00 Å². The first-order chi connectivity index (χ1) is 15.1. The fourth-order valence-corrected chi connectivity index (χ4v) is 5.21. The van der Waals surface area contributed by atoms with Gasteiger partial charge in [-0.2, -0.15) is 0 Å². The highest BCUT2D eigenvalue weighted by molar-refractivity contribution is 7.16. The van der Waals surface area contributed by atoms with Crippen molar-refractivity contribution in [1.82, 2.24) is 14.8 Å². The van der Waals surface area contributed by atoms with E-state index in [1.807, 2.05) is 12.3 Å². The zero-order chi connectivity index (χ0) is 21.8. The lowest BCUT2D eigenvalue weighted by atomic mass is 9.95. The van der Waals surface area contributed by atoms with Crippen LogP contribution >= 0.6 is 11.3 Å². The Bertz CT molecular complexity index is 996. The molecule has 1 saturated heterocycles. The molecule has 1 aliphatic rings. The number of piperazine rings is 1. The summed E-state index contributed by atoms with van der Waals surface area (Å²) >= 11 is 1.60. The lowest BCUT2D eigenvalue weighted by Gasteiger charge is -2.39. The Morgan fingerprint density at radius 3 is 2.71 bits per heavy atom. The molecule has 1 amide bonds. The van der Waals surface area contributed by atoms with E-state index in [0.29, 0.717) is 12.3 Å². The van der Waals surface area contributed by atoms with Gasteiger partial charge in [0.25, 0.3) is 5.91 Å². The monoisotopic (exact) mass is 440 g/mol. The molecule has 1 aliphatic heterocycles. The lowest BCUT2D eigenvalue weighted by molar-refractivity contribution is 0.0943. The molecular formula is C23H28N4O3S. The van der Waals surface area contributed by atoms with Gasteiger partial charge < -0.3 is 14.8 Å². The summed E-state index contributed by atoms with van der Waals surface area (Å²) in [5.74, 6) is 0.0513. The van der Waals surface area contributed by atoms with Crippen LogP contribution in [0.3, 0.4) is 0 Å². The van der Waals surface area contributed by atoms with Crippen LogP contribution in [0.1, 0.15) is 38.2 Å². The molecule has 0 unspecified atom stereocenters. The van der Waals surface area contributed by atoms with Gasteiger partial charge in [0.05, 0.1) is 18.9 Å². The number of carbonyl (C=O) groups excluding carboxylic acids is 1. The molecule has 3 aromatic heterocycles. The number of nitrogens with one attached hydrogen (secondary N) is 1. The molecule has 1 atom stereocenters. The minimum atomic E-state index is -0.245. The molecule has 31 heavy (non-hydrogen) atoms. The molecule has 0 aliphatic carbocycles. The Morgan fingerprint density at radius 2 is 2.06 bits per heavy atom. The average molecular weight is 441 g/mol. The van der Waals surface area contributed by atoms with Gasteiger partial charge >= 0.3 is 0 Å². The van der Waals surface area contributed by atoms with Gasteiger partial charge in [0.2, 0.25) is 0 Å². The number of hydrogen-bond acceptors (Lipinski definition) is 7. The van der Waals surface area contributed by atoms with Crippen molar-refractivity contribution in [2.75, 3.05) is 44.6 Å². The van der Waals surface area contributed by atoms with E-state index in [4.69, 9.17) is 4.42 Å². The van der Waals surface area contributed by atoms with Gasteiger partial charge in [0, 0.05) is 55.6 Å². The van der Waals surface area contributed by atoms with Crippen molar-refractivity contribution in [1.29, 1.82) is 0 Å². The van der Waals surface area contributed by atoms with Crippen LogP contribution in [-0.2, 0) is 0 Å². The third kappa shape index (κ3) is 4.72. The van der Waals surface area contributed by atoms with Crippen molar-refractivity contribution in [3.63, 3.8) is 0 Å². The molecule has 0 bridgehead atoms. The van der Waals surface area contributed by atoms with Crippen molar-refractivity contribution in [3.05, 3.63) is 70.3 Å². The minimum absolute atomic E-state index is 0.0122. The van der Waals surface area contributed by atoms with E-state index in [2.05, 4.69) is 40.0 Å². The van der Waals surface area contributed by atoms with Gasteiger partial charge in [-0.1, -0.05) is 6.07 Å². The van der Waals surface area contributed by atoms with Crippen molar-refractivity contribution in [2.24, 2.45) is 0 Å². The molecule has 4 rings (SSSR count). The zero-order valence-corrected chi connectivity index (χ0v) is 18.7. The van der Waals surface area contributed by atoms with E-state index < -0.39 is 0 Å². The lowest BCUT2D eigenvalue weighted by Crippen LogP contribution is -2.48. The number of nitrogens with zero attached hydrogens (tertiary/aromatic N) is 3. The van der Waals surface area contributed by atoms with E-state index in [-0.39, 0.29) is 18.6 Å². The summed E-state index contributed by atoms with van der Waals surface area (Å²) in [6.07, 6.45) is 5.20. The summed E-state index contributed by atoms with van der Waals surface area (Å²) in [5, 5.41) is 13.2. The number of carbonyl (C=O) groups is 1. The topological polar surface area (TPSA) is 81.8 Å². The number of thiophene rings is 1. The Kier molecular flexibility index (Phi) is 6.82. The van der Waals surface area contributed by atoms with Gasteiger partial charge in [-0.3, -0.25) is 19.6 Å². The molecule has 4 heterocycles. The first-order valence-corrected chi connectivity index (χ1v) is 11.3. The SMILES string of the molecule is Cc1sc(NC(=O)c2ccco2)c([C@H](c2cccnc2)N2CCN(CCO)CC2)c1C. The minimum Gasteiger partial charge on any atom is -0.459 e. The molecule has 3 aromatic rings. The summed E-state index contributed by atoms with van der Waals surface area (Å²) in [5.41, 5.74) is 3.41.